The summed E-state index contributed by atoms with van der Waals surface area (Å²) in [6.45, 7) is 0. The highest BCUT2D eigenvalue weighted by Crippen LogP contribution is 2.33. The number of phenolic OH excluding ortho intramolecular Hbond substituents is 2. The molecule has 0 spiro atoms. The van der Waals surface area contributed by atoms with Crippen LogP contribution in [0, 0.1) is 22.7 Å². The summed E-state index contributed by atoms with van der Waals surface area (Å²) >= 11 is 12.4. The molecular formula is C14H6Br4N2O2. The second kappa shape index (κ2) is 8.54. The highest BCUT2D eigenvalue weighted by atomic mass is 79.9. The van der Waals surface area contributed by atoms with E-state index in [1.54, 1.807) is 24.3 Å². The van der Waals surface area contributed by atoms with Crippen molar-refractivity contribution in [3.8, 4) is 23.6 Å². The van der Waals surface area contributed by atoms with E-state index in [0.717, 1.165) is 0 Å². The molecule has 0 unspecified atom stereocenters. The highest BCUT2D eigenvalue weighted by molar-refractivity contribution is 9.11. The minimum absolute atomic E-state index is 0.115. The number of nitrogens with zero attached hydrogens (tertiary/aromatic N) is 2. The molecule has 0 bridgehead atoms. The lowest BCUT2D eigenvalue weighted by molar-refractivity contribution is 0.468. The van der Waals surface area contributed by atoms with E-state index in [1.165, 1.54) is 0 Å². The van der Waals surface area contributed by atoms with E-state index >= 15 is 0 Å². The van der Waals surface area contributed by atoms with Gasteiger partial charge in [-0.2, -0.15) is 10.5 Å². The summed E-state index contributed by atoms with van der Waals surface area (Å²) in [6.07, 6.45) is 0. The number of halogens is 4. The van der Waals surface area contributed by atoms with Crippen LogP contribution in [0.25, 0.3) is 0 Å². The van der Waals surface area contributed by atoms with E-state index in [0.29, 0.717) is 29.0 Å². The monoisotopic (exact) mass is 550 g/mol. The van der Waals surface area contributed by atoms with Crippen molar-refractivity contribution in [2.24, 2.45) is 0 Å². The average Bonchev–Trinajstić information content (AvgIpc) is 2.49. The number of rotatable bonds is 0. The largest absolute Gasteiger partial charge is 0.506 e. The van der Waals surface area contributed by atoms with E-state index in [-0.39, 0.29) is 11.5 Å². The minimum Gasteiger partial charge on any atom is -0.506 e. The number of aromatic hydroxyl groups is 2. The molecular weight excluding hydrogens is 548 g/mol. The first-order chi connectivity index (χ1) is 10.3. The second-order valence-corrected chi connectivity index (χ2v) is 7.22. The van der Waals surface area contributed by atoms with Crippen LogP contribution in [-0.2, 0) is 0 Å². The molecule has 2 N–H and O–H groups in total. The van der Waals surface area contributed by atoms with Gasteiger partial charge in [0, 0.05) is 0 Å². The van der Waals surface area contributed by atoms with Crippen LogP contribution in [0.15, 0.2) is 42.2 Å². The van der Waals surface area contributed by atoms with Gasteiger partial charge in [0.05, 0.1) is 41.2 Å². The molecule has 2 rings (SSSR count). The maximum Gasteiger partial charge on any atom is 0.144 e. The van der Waals surface area contributed by atoms with Gasteiger partial charge in [-0.15, -0.1) is 0 Å². The highest BCUT2D eigenvalue weighted by Gasteiger charge is 2.05. The Kier molecular flexibility index (Phi) is 7.37. The molecule has 0 amide bonds. The van der Waals surface area contributed by atoms with Crippen molar-refractivity contribution in [2.45, 2.75) is 0 Å². The van der Waals surface area contributed by atoms with E-state index in [2.05, 4.69) is 63.7 Å². The van der Waals surface area contributed by atoms with Gasteiger partial charge in [0.25, 0.3) is 0 Å². The van der Waals surface area contributed by atoms with E-state index < -0.39 is 0 Å². The van der Waals surface area contributed by atoms with Gasteiger partial charge in [-0.25, -0.2) is 0 Å². The van der Waals surface area contributed by atoms with Crippen molar-refractivity contribution < 1.29 is 10.2 Å². The normalized spacial score (nSPS) is 9.18. The first-order valence-corrected chi connectivity index (χ1v) is 8.63. The lowest BCUT2D eigenvalue weighted by Crippen LogP contribution is -1.76. The van der Waals surface area contributed by atoms with Gasteiger partial charge in [-0.3, -0.25) is 0 Å². The molecule has 8 heteroatoms. The first kappa shape index (κ1) is 19.0. The molecule has 0 aliphatic heterocycles. The molecule has 0 aromatic heterocycles. The van der Waals surface area contributed by atoms with Crippen LogP contribution in [0.1, 0.15) is 11.1 Å². The predicted molar refractivity (Wildman–Crippen MR) is 96.4 cm³/mol. The molecule has 4 nitrogen and oxygen atoms in total. The van der Waals surface area contributed by atoms with E-state index in [1.807, 2.05) is 12.1 Å². The molecule has 2 aromatic rings. The SMILES string of the molecule is N#Cc1cc(Br)c(O)c(Br)c1.N#Cc1cc(Br)c(O)c(Br)c1. The minimum atomic E-state index is 0.115. The maximum absolute atomic E-state index is 9.22. The Bertz CT molecular complexity index is 681. The van der Waals surface area contributed by atoms with Crippen LogP contribution in [-0.4, -0.2) is 10.2 Å². The summed E-state index contributed by atoms with van der Waals surface area (Å²) in [4.78, 5) is 0. The fourth-order valence-corrected chi connectivity index (χ4v) is 3.63. The van der Waals surface area contributed by atoms with Crippen molar-refractivity contribution in [1.29, 1.82) is 10.5 Å². The van der Waals surface area contributed by atoms with E-state index in [9.17, 15) is 10.2 Å². The smallest absolute Gasteiger partial charge is 0.144 e. The number of benzene rings is 2. The van der Waals surface area contributed by atoms with Crippen LogP contribution >= 0.6 is 63.7 Å². The lowest BCUT2D eigenvalue weighted by atomic mass is 10.2. The van der Waals surface area contributed by atoms with Gasteiger partial charge in [0.1, 0.15) is 11.5 Å². The Morgan fingerprint density at radius 2 is 0.864 bits per heavy atom. The van der Waals surface area contributed by atoms with Gasteiger partial charge in [-0.05, 0) is 88.0 Å². The Balaban J connectivity index is 0.000000220. The number of hydrogen-bond acceptors (Lipinski definition) is 4. The van der Waals surface area contributed by atoms with Crippen LogP contribution < -0.4 is 0 Å². The molecule has 2 aromatic carbocycles. The quantitative estimate of drug-likeness (QED) is 0.446. The van der Waals surface area contributed by atoms with Crippen molar-refractivity contribution >= 4 is 63.7 Å². The summed E-state index contributed by atoms with van der Waals surface area (Å²) in [6, 6.07) is 10.2. The summed E-state index contributed by atoms with van der Waals surface area (Å²) in [5, 5.41) is 35.5. The molecule has 0 aliphatic rings. The van der Waals surface area contributed by atoms with Crippen molar-refractivity contribution in [3.63, 3.8) is 0 Å². The number of phenols is 2. The van der Waals surface area contributed by atoms with Gasteiger partial charge in [-0.1, -0.05) is 0 Å². The fraction of sp³-hybridized carbons (Fsp3) is 0. The standard InChI is InChI=1S/2C7H3Br2NO/c2*8-5-1-4(3-10)2-6(9)7(5)11/h2*1-2,11H. The van der Waals surface area contributed by atoms with Crippen LogP contribution in [0.3, 0.4) is 0 Å². The van der Waals surface area contributed by atoms with Gasteiger partial charge >= 0.3 is 0 Å². The molecule has 112 valence electrons. The summed E-state index contributed by atoms with van der Waals surface area (Å²) < 4.78 is 2.07. The van der Waals surface area contributed by atoms with Crippen molar-refractivity contribution in [3.05, 3.63) is 53.3 Å². The second-order valence-electron chi connectivity index (χ2n) is 3.80. The Hall–Kier alpha value is -1.06. The molecule has 0 atom stereocenters. The molecule has 0 heterocycles. The molecule has 0 saturated carbocycles. The first-order valence-electron chi connectivity index (χ1n) is 5.46. The predicted octanol–water partition coefficient (Wildman–Crippen LogP) is 5.58. The number of hydrogen-bond donors (Lipinski definition) is 2. The van der Waals surface area contributed by atoms with Crippen molar-refractivity contribution in [1.82, 2.24) is 0 Å². The van der Waals surface area contributed by atoms with Gasteiger partial charge in [0.15, 0.2) is 0 Å². The van der Waals surface area contributed by atoms with Gasteiger partial charge in [0.2, 0.25) is 0 Å². The molecule has 0 aliphatic carbocycles. The summed E-state index contributed by atoms with van der Waals surface area (Å²) in [7, 11) is 0. The zero-order valence-electron chi connectivity index (χ0n) is 10.6. The molecule has 0 saturated heterocycles. The third kappa shape index (κ3) is 4.99. The Morgan fingerprint density at radius 1 is 0.636 bits per heavy atom. The third-order valence-electron chi connectivity index (χ3n) is 2.29. The molecule has 0 fully saturated rings. The van der Waals surface area contributed by atoms with Crippen LogP contribution in [0.4, 0.5) is 0 Å². The zero-order valence-corrected chi connectivity index (χ0v) is 17.0. The topological polar surface area (TPSA) is 88.0 Å². The Morgan fingerprint density at radius 3 is 1.05 bits per heavy atom. The zero-order chi connectivity index (χ0) is 16.9. The van der Waals surface area contributed by atoms with Gasteiger partial charge < -0.3 is 10.2 Å². The Labute approximate surface area is 160 Å². The maximum atomic E-state index is 9.22. The van der Waals surface area contributed by atoms with Crippen molar-refractivity contribution in [2.75, 3.05) is 0 Å². The van der Waals surface area contributed by atoms with Crippen LogP contribution in [0.5, 0.6) is 11.5 Å². The van der Waals surface area contributed by atoms with E-state index in [4.69, 9.17) is 10.5 Å². The average molecular weight is 554 g/mol. The summed E-state index contributed by atoms with van der Waals surface area (Å²) in [5.74, 6) is 0.230. The fourth-order valence-electron chi connectivity index (χ4n) is 1.26. The molecule has 22 heavy (non-hydrogen) atoms. The van der Waals surface area contributed by atoms with Crippen LogP contribution in [0.2, 0.25) is 0 Å². The lowest BCUT2D eigenvalue weighted by Gasteiger charge is -1.99. The third-order valence-corrected chi connectivity index (χ3v) is 4.71. The molecule has 0 radical (unpaired) electrons. The number of nitriles is 2. The summed E-state index contributed by atoms with van der Waals surface area (Å²) in [5.41, 5.74) is 1.00.